The van der Waals surface area contributed by atoms with Crippen LogP contribution in [0.4, 0.5) is 0 Å². The first-order valence-corrected chi connectivity index (χ1v) is 7.55. The van der Waals surface area contributed by atoms with E-state index in [4.69, 9.17) is 5.73 Å². The summed E-state index contributed by atoms with van der Waals surface area (Å²) in [5, 5.41) is 3.37. The molecular weight excluding hydrogens is 236 g/mol. The maximum absolute atomic E-state index is 11.9. The quantitative estimate of drug-likeness (QED) is 0.781. The van der Waals surface area contributed by atoms with Crippen molar-refractivity contribution in [3.8, 4) is 0 Å². The van der Waals surface area contributed by atoms with E-state index in [1.807, 2.05) is 12.1 Å². The van der Waals surface area contributed by atoms with Crippen LogP contribution >= 0.6 is 0 Å². The van der Waals surface area contributed by atoms with Gasteiger partial charge in [0.05, 0.1) is 10.6 Å². The van der Waals surface area contributed by atoms with Crippen LogP contribution in [0.5, 0.6) is 0 Å². The first-order valence-electron chi connectivity index (χ1n) is 5.90. The highest BCUT2D eigenvalue weighted by Crippen LogP contribution is 2.31. The van der Waals surface area contributed by atoms with Crippen molar-refractivity contribution >= 4 is 9.84 Å². The zero-order valence-corrected chi connectivity index (χ0v) is 10.5. The van der Waals surface area contributed by atoms with Gasteiger partial charge in [-0.3, -0.25) is 0 Å². The second-order valence-electron chi connectivity index (χ2n) is 4.29. The van der Waals surface area contributed by atoms with Gasteiger partial charge in [-0.05, 0) is 37.6 Å². The molecule has 1 aromatic rings. The van der Waals surface area contributed by atoms with Gasteiger partial charge >= 0.3 is 0 Å². The fraction of sp³-hybridized carbons (Fsp3) is 0.500. The second-order valence-corrected chi connectivity index (χ2v) is 6.37. The van der Waals surface area contributed by atoms with Crippen molar-refractivity contribution in [2.75, 3.05) is 18.8 Å². The first kappa shape index (κ1) is 12.5. The third-order valence-electron chi connectivity index (χ3n) is 3.08. The number of hydrogen-bond acceptors (Lipinski definition) is 4. The summed E-state index contributed by atoms with van der Waals surface area (Å²) >= 11 is 0. The molecule has 4 nitrogen and oxygen atoms in total. The minimum Gasteiger partial charge on any atom is -0.330 e. The Hall–Kier alpha value is -0.910. The number of hydrogen-bond donors (Lipinski definition) is 2. The SMILES string of the molecule is NCCCNC1CCS(=O)(=O)c2ccccc21. The van der Waals surface area contributed by atoms with E-state index < -0.39 is 9.84 Å². The van der Waals surface area contributed by atoms with E-state index >= 15 is 0 Å². The largest absolute Gasteiger partial charge is 0.330 e. The molecule has 0 aromatic heterocycles. The Labute approximate surface area is 102 Å². The molecule has 0 aliphatic carbocycles. The monoisotopic (exact) mass is 254 g/mol. The minimum atomic E-state index is -3.07. The molecule has 0 radical (unpaired) electrons. The second kappa shape index (κ2) is 5.16. The van der Waals surface area contributed by atoms with Crippen LogP contribution in [0.2, 0.25) is 0 Å². The number of nitrogens with one attached hydrogen (secondary N) is 1. The maximum Gasteiger partial charge on any atom is 0.178 e. The number of rotatable bonds is 4. The van der Waals surface area contributed by atoms with Crippen LogP contribution in [0.15, 0.2) is 29.2 Å². The summed E-state index contributed by atoms with van der Waals surface area (Å²) < 4.78 is 23.8. The van der Waals surface area contributed by atoms with Crippen LogP contribution in [0.3, 0.4) is 0 Å². The molecule has 1 aliphatic rings. The van der Waals surface area contributed by atoms with Gasteiger partial charge < -0.3 is 11.1 Å². The molecule has 1 unspecified atom stereocenters. The lowest BCUT2D eigenvalue weighted by molar-refractivity contribution is 0.488. The third-order valence-corrected chi connectivity index (χ3v) is 4.89. The summed E-state index contributed by atoms with van der Waals surface area (Å²) in [6.45, 7) is 1.48. The van der Waals surface area contributed by atoms with E-state index in [0.29, 0.717) is 17.9 Å². The number of benzene rings is 1. The Bertz CT molecular complexity index is 485. The molecule has 2 rings (SSSR count). The van der Waals surface area contributed by atoms with Gasteiger partial charge in [0, 0.05) is 6.04 Å². The molecule has 3 N–H and O–H groups in total. The standard InChI is InChI=1S/C12H18N2O2S/c13-7-3-8-14-11-6-9-17(15,16)12-5-2-1-4-10(11)12/h1-2,4-5,11,14H,3,6-9,13H2. The fourth-order valence-corrected chi connectivity index (χ4v) is 3.80. The topological polar surface area (TPSA) is 72.2 Å². The van der Waals surface area contributed by atoms with E-state index in [0.717, 1.165) is 18.5 Å². The minimum absolute atomic E-state index is 0.140. The first-order chi connectivity index (χ1) is 8.15. The molecule has 0 bridgehead atoms. The van der Waals surface area contributed by atoms with Crippen molar-refractivity contribution in [3.63, 3.8) is 0 Å². The Kier molecular flexibility index (Phi) is 3.81. The predicted molar refractivity (Wildman–Crippen MR) is 67.5 cm³/mol. The van der Waals surface area contributed by atoms with Gasteiger partial charge in [0.25, 0.3) is 0 Å². The normalized spacial score (nSPS) is 22.1. The maximum atomic E-state index is 11.9. The highest BCUT2D eigenvalue weighted by Gasteiger charge is 2.29. The molecule has 17 heavy (non-hydrogen) atoms. The zero-order chi connectivity index (χ0) is 12.3. The van der Waals surface area contributed by atoms with E-state index in [9.17, 15) is 8.42 Å². The molecule has 0 fully saturated rings. The summed E-state index contributed by atoms with van der Waals surface area (Å²) in [7, 11) is -3.07. The molecule has 0 spiro atoms. The molecular formula is C12H18N2O2S. The van der Waals surface area contributed by atoms with Crippen molar-refractivity contribution < 1.29 is 8.42 Å². The average molecular weight is 254 g/mol. The van der Waals surface area contributed by atoms with E-state index in [1.165, 1.54) is 0 Å². The van der Waals surface area contributed by atoms with E-state index in [2.05, 4.69) is 5.32 Å². The Morgan fingerprint density at radius 3 is 2.88 bits per heavy atom. The van der Waals surface area contributed by atoms with E-state index in [1.54, 1.807) is 12.1 Å². The van der Waals surface area contributed by atoms with Gasteiger partial charge in [-0.15, -0.1) is 0 Å². The summed E-state index contributed by atoms with van der Waals surface area (Å²) in [4.78, 5) is 0.483. The van der Waals surface area contributed by atoms with Gasteiger partial charge in [-0.1, -0.05) is 18.2 Å². The van der Waals surface area contributed by atoms with Gasteiger partial charge in [0.1, 0.15) is 0 Å². The summed E-state index contributed by atoms with van der Waals surface area (Å²) in [6, 6.07) is 7.39. The van der Waals surface area contributed by atoms with Crippen LogP contribution in [0.25, 0.3) is 0 Å². The highest BCUT2D eigenvalue weighted by molar-refractivity contribution is 7.91. The summed E-state index contributed by atoms with van der Waals surface area (Å²) in [5.74, 6) is 0.226. The van der Waals surface area contributed by atoms with Crippen molar-refractivity contribution in [1.29, 1.82) is 0 Å². The molecule has 0 saturated heterocycles. The number of sulfone groups is 1. The van der Waals surface area contributed by atoms with Crippen molar-refractivity contribution in [1.82, 2.24) is 5.32 Å². The Morgan fingerprint density at radius 2 is 2.12 bits per heavy atom. The van der Waals surface area contributed by atoms with E-state index in [-0.39, 0.29) is 11.8 Å². The van der Waals surface area contributed by atoms with Gasteiger partial charge in [-0.2, -0.15) is 0 Å². The molecule has 1 atom stereocenters. The van der Waals surface area contributed by atoms with Crippen LogP contribution < -0.4 is 11.1 Å². The van der Waals surface area contributed by atoms with Crippen LogP contribution in [-0.4, -0.2) is 27.3 Å². The lowest BCUT2D eigenvalue weighted by atomic mass is 10.0. The van der Waals surface area contributed by atoms with Gasteiger partial charge in [-0.25, -0.2) is 8.42 Å². The van der Waals surface area contributed by atoms with Crippen molar-refractivity contribution in [2.24, 2.45) is 5.73 Å². The lowest BCUT2D eigenvalue weighted by Crippen LogP contribution is -2.31. The zero-order valence-electron chi connectivity index (χ0n) is 9.72. The smallest absolute Gasteiger partial charge is 0.178 e. The Morgan fingerprint density at radius 1 is 1.35 bits per heavy atom. The molecule has 94 valence electrons. The number of fused-ring (bicyclic) bond motifs is 1. The molecule has 0 saturated carbocycles. The van der Waals surface area contributed by atoms with Crippen molar-refractivity contribution in [3.05, 3.63) is 29.8 Å². The fourth-order valence-electron chi connectivity index (χ4n) is 2.18. The Balaban J connectivity index is 2.23. The van der Waals surface area contributed by atoms with Crippen LogP contribution in [0.1, 0.15) is 24.4 Å². The molecule has 5 heteroatoms. The highest BCUT2D eigenvalue weighted by atomic mass is 32.2. The molecule has 0 amide bonds. The molecule has 1 heterocycles. The number of nitrogens with two attached hydrogens (primary N) is 1. The van der Waals surface area contributed by atoms with Gasteiger partial charge in [0.2, 0.25) is 0 Å². The molecule has 1 aromatic carbocycles. The van der Waals surface area contributed by atoms with Crippen molar-refractivity contribution in [2.45, 2.75) is 23.8 Å². The summed E-state index contributed by atoms with van der Waals surface area (Å²) in [6.07, 6.45) is 1.55. The molecule has 1 aliphatic heterocycles. The van der Waals surface area contributed by atoms with Crippen LogP contribution in [0, 0.1) is 0 Å². The lowest BCUT2D eigenvalue weighted by Gasteiger charge is -2.26. The average Bonchev–Trinajstić information content (AvgIpc) is 2.33. The van der Waals surface area contributed by atoms with Crippen LogP contribution in [-0.2, 0) is 9.84 Å². The third kappa shape index (κ3) is 2.68. The van der Waals surface area contributed by atoms with Gasteiger partial charge in [0.15, 0.2) is 9.84 Å². The predicted octanol–water partition coefficient (Wildman–Crippen LogP) is 0.843. The summed E-state index contributed by atoms with van der Waals surface area (Å²) in [5.41, 5.74) is 6.34.